The Kier molecular flexibility index (Phi) is 14.3. The molecular formula is C38H60N10O3. The normalized spacial score (nSPS) is 34.6. The maximum Gasteiger partial charge on any atom is 0.0637 e. The Hall–Kier alpha value is -3.01. The lowest BCUT2D eigenvalue weighted by Crippen LogP contribution is -2.63. The van der Waals surface area contributed by atoms with Crippen molar-refractivity contribution in [1.29, 1.82) is 0 Å². The van der Waals surface area contributed by atoms with E-state index in [1.807, 2.05) is 0 Å². The highest BCUT2D eigenvalue weighted by atomic mass is 16.5. The molecular weight excluding hydrogens is 644 g/mol. The van der Waals surface area contributed by atoms with E-state index in [4.69, 9.17) is 30.8 Å². The predicted molar refractivity (Wildman–Crippen MR) is 198 cm³/mol. The summed E-state index contributed by atoms with van der Waals surface area (Å²) in [7, 11) is 2.22. The fraction of sp³-hybridized carbons (Fsp3) is 0.842. The first kappa shape index (κ1) is 39.2. The first-order valence-electron chi connectivity index (χ1n) is 19.4. The summed E-state index contributed by atoms with van der Waals surface area (Å²) in [5, 5.41) is 11.3. The molecule has 4 aliphatic carbocycles. The summed E-state index contributed by atoms with van der Waals surface area (Å²) < 4.78 is 19.9. The van der Waals surface area contributed by atoms with E-state index in [-0.39, 0.29) is 29.1 Å². The van der Waals surface area contributed by atoms with E-state index in [0.717, 1.165) is 51.6 Å². The van der Waals surface area contributed by atoms with Crippen molar-refractivity contribution in [3.8, 4) is 0 Å². The van der Waals surface area contributed by atoms with Crippen LogP contribution in [0.25, 0.3) is 31.3 Å². The Morgan fingerprint density at radius 3 is 2.20 bits per heavy atom. The number of rotatable bonds is 19. The fourth-order valence-corrected chi connectivity index (χ4v) is 11.4. The van der Waals surface area contributed by atoms with Crippen LogP contribution in [-0.2, 0) is 20.8 Å². The Morgan fingerprint density at radius 1 is 0.843 bits per heavy atom. The minimum atomic E-state index is -0.0237. The fourth-order valence-electron chi connectivity index (χ4n) is 11.4. The molecule has 0 aromatic heterocycles. The largest absolute Gasteiger partial charge is 0.378 e. The molecule has 5 rings (SSSR count). The second kappa shape index (κ2) is 18.7. The van der Waals surface area contributed by atoms with Crippen LogP contribution in [0.4, 0.5) is 0 Å². The number of ether oxygens (including phenoxy) is 3. The molecule has 0 N–H and O–H groups in total. The van der Waals surface area contributed by atoms with Gasteiger partial charge < -0.3 is 19.1 Å². The van der Waals surface area contributed by atoms with Crippen molar-refractivity contribution in [2.75, 3.05) is 53.0 Å². The summed E-state index contributed by atoms with van der Waals surface area (Å²) in [5.41, 5.74) is 28.1. The van der Waals surface area contributed by atoms with Gasteiger partial charge in [0.15, 0.2) is 0 Å². The average Bonchev–Trinajstić information content (AvgIpc) is 3.49. The second-order valence-electron chi connectivity index (χ2n) is 16.3. The molecule has 0 bridgehead atoms. The SMILES string of the molecule is C[C@H](CCCN(C)Cc1ccccc1)[C@H]1CC[C@H]2[C@@H]3[C@H](OCCN=[N+]=[N-])C[C@@H]4C[C@@H](OCCN=[N+]=[N-])CC[C@]4(C)[C@H]3C[C@H](OCCN=[N+]=[N-])[C@]12C. The van der Waals surface area contributed by atoms with Gasteiger partial charge in [-0.2, -0.15) is 0 Å². The summed E-state index contributed by atoms with van der Waals surface area (Å²) in [6.07, 6.45) is 10.00. The van der Waals surface area contributed by atoms with Crippen molar-refractivity contribution >= 4 is 0 Å². The van der Waals surface area contributed by atoms with E-state index in [0.29, 0.717) is 75.0 Å². The first-order chi connectivity index (χ1) is 24.8. The third kappa shape index (κ3) is 9.14. The number of benzene rings is 1. The van der Waals surface area contributed by atoms with Crippen LogP contribution in [-0.4, -0.2) is 76.3 Å². The Bertz CT molecular complexity index is 1400. The molecule has 51 heavy (non-hydrogen) atoms. The van der Waals surface area contributed by atoms with Crippen molar-refractivity contribution in [2.45, 2.75) is 103 Å². The van der Waals surface area contributed by atoms with E-state index >= 15 is 0 Å². The molecule has 4 aliphatic rings. The van der Waals surface area contributed by atoms with Gasteiger partial charge in [0.2, 0.25) is 0 Å². The number of nitrogens with zero attached hydrogens (tertiary/aromatic N) is 10. The van der Waals surface area contributed by atoms with Crippen molar-refractivity contribution in [3.05, 3.63) is 67.2 Å². The number of azide groups is 3. The van der Waals surface area contributed by atoms with Gasteiger partial charge in [-0.15, -0.1) is 0 Å². The van der Waals surface area contributed by atoms with E-state index in [1.165, 1.54) is 24.8 Å². The van der Waals surface area contributed by atoms with Crippen LogP contribution in [0.3, 0.4) is 0 Å². The van der Waals surface area contributed by atoms with Gasteiger partial charge in [0.25, 0.3) is 0 Å². The molecule has 11 atom stereocenters. The summed E-state index contributed by atoms with van der Waals surface area (Å²) in [6.45, 7) is 11.9. The number of fused-ring (bicyclic) bond motifs is 5. The molecule has 1 aromatic rings. The standard InChI is InChI=1S/C38H60N10O3/c1-27(9-8-19-48(4)26-28-10-6-5-7-11-28)31-12-13-32-36-33(25-35(38(31,32)3)51-22-18-44-47-41)37(2)15-14-30(49-20-16-42-45-39)23-29(37)24-34(36)50-21-17-43-46-40/h5-7,10-11,27,29-36H,8-9,12-26H2,1-4H3/t27-,29+,30+,31-,32+,33+,34-,35+,36+,37+,38-/m1/s1. The van der Waals surface area contributed by atoms with Gasteiger partial charge in [-0.05, 0) is 134 Å². The lowest BCUT2D eigenvalue weighted by molar-refractivity contribution is -0.226. The first-order valence-corrected chi connectivity index (χ1v) is 19.4. The maximum atomic E-state index is 9.00. The molecule has 0 aliphatic heterocycles. The summed E-state index contributed by atoms with van der Waals surface area (Å²) in [6, 6.07) is 10.7. The van der Waals surface area contributed by atoms with Crippen molar-refractivity contribution < 1.29 is 14.2 Å². The van der Waals surface area contributed by atoms with E-state index < -0.39 is 0 Å². The molecule has 0 unspecified atom stereocenters. The van der Waals surface area contributed by atoms with Crippen molar-refractivity contribution in [3.63, 3.8) is 0 Å². The number of hydrogen-bond donors (Lipinski definition) is 0. The van der Waals surface area contributed by atoms with Crippen LogP contribution < -0.4 is 0 Å². The van der Waals surface area contributed by atoms with Gasteiger partial charge in [-0.3, -0.25) is 0 Å². The smallest absolute Gasteiger partial charge is 0.0637 e. The highest BCUT2D eigenvalue weighted by molar-refractivity contribution is 5.16. The molecule has 4 fully saturated rings. The zero-order chi connectivity index (χ0) is 36.3. The van der Waals surface area contributed by atoms with Crippen LogP contribution >= 0.6 is 0 Å². The van der Waals surface area contributed by atoms with Crippen molar-refractivity contribution in [2.24, 2.45) is 61.7 Å². The molecule has 13 heteroatoms. The topological polar surface area (TPSA) is 177 Å². The third-order valence-electron chi connectivity index (χ3n) is 13.7. The summed E-state index contributed by atoms with van der Waals surface area (Å²) in [5.74, 6) is 2.79. The Balaban J connectivity index is 1.36. The zero-order valence-corrected chi connectivity index (χ0v) is 31.3. The molecule has 0 spiro atoms. The molecule has 0 amide bonds. The van der Waals surface area contributed by atoms with E-state index in [9.17, 15) is 0 Å². The van der Waals surface area contributed by atoms with Crippen LogP contribution in [0.2, 0.25) is 0 Å². The molecule has 13 nitrogen and oxygen atoms in total. The minimum absolute atomic E-state index is 0.0237. The average molecular weight is 705 g/mol. The van der Waals surface area contributed by atoms with Gasteiger partial charge >= 0.3 is 0 Å². The van der Waals surface area contributed by atoms with Gasteiger partial charge in [-0.1, -0.05) is 66.4 Å². The molecule has 280 valence electrons. The van der Waals surface area contributed by atoms with Gasteiger partial charge in [-0.25, -0.2) is 0 Å². The zero-order valence-electron chi connectivity index (χ0n) is 31.3. The van der Waals surface area contributed by atoms with Crippen LogP contribution in [0.15, 0.2) is 45.7 Å². The maximum absolute atomic E-state index is 9.00. The van der Waals surface area contributed by atoms with Crippen molar-refractivity contribution in [1.82, 2.24) is 4.90 Å². The Labute approximate surface area is 304 Å². The minimum Gasteiger partial charge on any atom is -0.378 e. The summed E-state index contributed by atoms with van der Waals surface area (Å²) >= 11 is 0. The van der Waals surface area contributed by atoms with Crippen LogP contribution in [0.1, 0.15) is 84.1 Å². The number of hydrogen-bond acceptors (Lipinski definition) is 7. The molecule has 1 aromatic carbocycles. The van der Waals surface area contributed by atoms with Gasteiger partial charge in [0, 0.05) is 46.3 Å². The van der Waals surface area contributed by atoms with Crippen LogP contribution in [0, 0.1) is 46.3 Å². The molecule has 0 saturated heterocycles. The molecule has 0 radical (unpaired) electrons. The molecule has 4 saturated carbocycles. The third-order valence-corrected chi connectivity index (χ3v) is 13.7. The predicted octanol–water partition coefficient (Wildman–Crippen LogP) is 9.50. The summed E-state index contributed by atoms with van der Waals surface area (Å²) in [4.78, 5) is 11.3. The second-order valence-corrected chi connectivity index (χ2v) is 16.3. The van der Waals surface area contributed by atoms with Crippen LogP contribution in [0.5, 0.6) is 0 Å². The van der Waals surface area contributed by atoms with E-state index in [2.05, 4.69) is 93.1 Å². The Morgan fingerprint density at radius 2 is 1.51 bits per heavy atom. The lowest BCUT2D eigenvalue weighted by Gasteiger charge is -2.64. The van der Waals surface area contributed by atoms with Gasteiger partial charge in [0.1, 0.15) is 0 Å². The molecule has 0 heterocycles. The van der Waals surface area contributed by atoms with Gasteiger partial charge in [0.05, 0.1) is 38.1 Å². The van der Waals surface area contributed by atoms with E-state index in [1.54, 1.807) is 0 Å². The monoisotopic (exact) mass is 704 g/mol. The highest BCUT2D eigenvalue weighted by Gasteiger charge is 2.66. The lowest BCUT2D eigenvalue weighted by atomic mass is 9.43. The highest BCUT2D eigenvalue weighted by Crippen LogP contribution is 2.69. The quantitative estimate of drug-likeness (QED) is 0.0603.